The Bertz CT molecular complexity index is 478. The largest absolute Gasteiger partial charge is 0.378 e. The summed E-state index contributed by atoms with van der Waals surface area (Å²) < 4.78 is 10.5. The molecule has 0 amide bonds. The molecule has 1 aromatic carbocycles. The van der Waals surface area contributed by atoms with E-state index < -0.39 is 0 Å². The molecule has 1 fully saturated rings. The molecular weight excluding hydrogens is 218 g/mol. The third-order valence-electron chi connectivity index (χ3n) is 2.73. The van der Waals surface area contributed by atoms with Gasteiger partial charge in [0.15, 0.2) is 0 Å². The van der Waals surface area contributed by atoms with Crippen LogP contribution in [-0.2, 0) is 4.74 Å². The monoisotopic (exact) mass is 231 g/mol. The molecular formula is C12H13N3O2. The van der Waals surface area contributed by atoms with E-state index in [1.54, 1.807) is 0 Å². The molecule has 1 aromatic heterocycles. The average Bonchev–Trinajstić information content (AvgIpc) is 2.90. The van der Waals surface area contributed by atoms with Crippen molar-refractivity contribution in [1.82, 2.24) is 10.1 Å². The SMILES string of the molecule is c1ccc(-c2noc(N3CCOCC3)n2)cc1. The summed E-state index contributed by atoms with van der Waals surface area (Å²) in [6.45, 7) is 3.03. The second-order valence-corrected chi connectivity index (χ2v) is 3.87. The molecule has 0 aliphatic carbocycles. The van der Waals surface area contributed by atoms with E-state index >= 15 is 0 Å². The zero-order valence-electron chi connectivity index (χ0n) is 9.37. The van der Waals surface area contributed by atoms with Crippen molar-refractivity contribution < 1.29 is 9.26 Å². The minimum absolute atomic E-state index is 0.576. The van der Waals surface area contributed by atoms with Crippen molar-refractivity contribution >= 4 is 6.01 Å². The van der Waals surface area contributed by atoms with Crippen molar-refractivity contribution in [1.29, 1.82) is 0 Å². The topological polar surface area (TPSA) is 51.4 Å². The van der Waals surface area contributed by atoms with Gasteiger partial charge in [-0.3, -0.25) is 0 Å². The van der Waals surface area contributed by atoms with Crippen LogP contribution < -0.4 is 4.90 Å². The summed E-state index contributed by atoms with van der Waals surface area (Å²) in [7, 11) is 0. The third-order valence-corrected chi connectivity index (χ3v) is 2.73. The molecule has 3 rings (SSSR count). The van der Waals surface area contributed by atoms with Crippen molar-refractivity contribution in [3.8, 4) is 11.4 Å². The maximum atomic E-state index is 5.28. The van der Waals surface area contributed by atoms with Crippen LogP contribution in [0.15, 0.2) is 34.9 Å². The fraction of sp³-hybridized carbons (Fsp3) is 0.333. The van der Waals surface area contributed by atoms with Gasteiger partial charge in [0.05, 0.1) is 13.2 Å². The lowest BCUT2D eigenvalue weighted by Gasteiger charge is -2.24. The summed E-state index contributed by atoms with van der Waals surface area (Å²) in [6.07, 6.45) is 0. The van der Waals surface area contributed by atoms with Crippen molar-refractivity contribution in [2.45, 2.75) is 0 Å². The van der Waals surface area contributed by atoms with Gasteiger partial charge in [-0.25, -0.2) is 0 Å². The van der Waals surface area contributed by atoms with Crippen molar-refractivity contribution in [2.75, 3.05) is 31.2 Å². The number of aromatic nitrogens is 2. The van der Waals surface area contributed by atoms with E-state index in [1.807, 2.05) is 35.2 Å². The first-order valence-corrected chi connectivity index (χ1v) is 5.65. The number of hydrogen-bond acceptors (Lipinski definition) is 5. The summed E-state index contributed by atoms with van der Waals surface area (Å²) >= 11 is 0. The predicted molar refractivity (Wildman–Crippen MR) is 62.8 cm³/mol. The fourth-order valence-corrected chi connectivity index (χ4v) is 1.80. The van der Waals surface area contributed by atoms with Gasteiger partial charge in [0.1, 0.15) is 0 Å². The average molecular weight is 231 g/mol. The van der Waals surface area contributed by atoms with Crippen LogP contribution in [0.1, 0.15) is 0 Å². The van der Waals surface area contributed by atoms with Crippen LogP contribution in [0.25, 0.3) is 11.4 Å². The molecule has 88 valence electrons. The highest BCUT2D eigenvalue weighted by molar-refractivity contribution is 5.55. The molecule has 2 heterocycles. The Morgan fingerprint density at radius 2 is 1.82 bits per heavy atom. The van der Waals surface area contributed by atoms with Gasteiger partial charge in [0.25, 0.3) is 0 Å². The predicted octanol–water partition coefficient (Wildman–Crippen LogP) is 1.57. The van der Waals surface area contributed by atoms with Gasteiger partial charge in [-0.05, 0) is 0 Å². The Labute approximate surface area is 99.0 Å². The van der Waals surface area contributed by atoms with Gasteiger partial charge in [0, 0.05) is 18.7 Å². The lowest BCUT2D eigenvalue weighted by Crippen LogP contribution is -2.36. The smallest absolute Gasteiger partial charge is 0.324 e. The molecule has 0 radical (unpaired) electrons. The summed E-state index contributed by atoms with van der Waals surface area (Å²) in [6, 6.07) is 10.4. The van der Waals surface area contributed by atoms with E-state index in [4.69, 9.17) is 9.26 Å². The Hall–Kier alpha value is -1.88. The highest BCUT2D eigenvalue weighted by Gasteiger charge is 2.17. The van der Waals surface area contributed by atoms with Gasteiger partial charge in [0.2, 0.25) is 5.82 Å². The van der Waals surface area contributed by atoms with E-state index in [0.29, 0.717) is 25.1 Å². The molecule has 2 aromatic rings. The molecule has 17 heavy (non-hydrogen) atoms. The number of anilines is 1. The third kappa shape index (κ3) is 2.14. The molecule has 0 N–H and O–H groups in total. The molecule has 0 bridgehead atoms. The molecule has 1 aliphatic heterocycles. The van der Waals surface area contributed by atoms with E-state index in [2.05, 4.69) is 10.1 Å². The Morgan fingerprint density at radius 1 is 1.06 bits per heavy atom. The molecule has 1 aliphatic rings. The van der Waals surface area contributed by atoms with Crippen LogP contribution >= 0.6 is 0 Å². The molecule has 0 unspecified atom stereocenters. The number of ether oxygens (including phenoxy) is 1. The van der Waals surface area contributed by atoms with Crippen LogP contribution in [0.3, 0.4) is 0 Å². The van der Waals surface area contributed by atoms with Crippen LogP contribution in [0.4, 0.5) is 6.01 Å². The molecule has 0 atom stereocenters. The quantitative estimate of drug-likeness (QED) is 0.785. The van der Waals surface area contributed by atoms with Gasteiger partial charge >= 0.3 is 6.01 Å². The summed E-state index contributed by atoms with van der Waals surface area (Å²) in [5.74, 6) is 0.632. The van der Waals surface area contributed by atoms with E-state index in [0.717, 1.165) is 18.7 Å². The first-order valence-electron chi connectivity index (χ1n) is 5.65. The molecule has 0 spiro atoms. The highest BCUT2D eigenvalue weighted by Crippen LogP contribution is 2.19. The van der Waals surface area contributed by atoms with Crippen LogP contribution in [0, 0.1) is 0 Å². The first kappa shape index (κ1) is 10.3. The number of nitrogens with zero attached hydrogens (tertiary/aromatic N) is 3. The number of morpholine rings is 1. The zero-order valence-corrected chi connectivity index (χ0v) is 9.37. The van der Waals surface area contributed by atoms with Gasteiger partial charge in [-0.1, -0.05) is 35.5 Å². The van der Waals surface area contributed by atoms with E-state index in [9.17, 15) is 0 Å². The van der Waals surface area contributed by atoms with Crippen LogP contribution in [0.2, 0.25) is 0 Å². The molecule has 5 heteroatoms. The number of benzene rings is 1. The first-order chi connectivity index (χ1) is 8.43. The van der Waals surface area contributed by atoms with E-state index in [1.165, 1.54) is 0 Å². The van der Waals surface area contributed by atoms with Crippen molar-refractivity contribution in [2.24, 2.45) is 0 Å². The molecule has 0 saturated carbocycles. The van der Waals surface area contributed by atoms with Gasteiger partial charge in [-0.15, -0.1) is 0 Å². The maximum Gasteiger partial charge on any atom is 0.324 e. The second kappa shape index (κ2) is 4.55. The summed E-state index contributed by atoms with van der Waals surface area (Å²) in [4.78, 5) is 6.44. The minimum atomic E-state index is 0.576. The van der Waals surface area contributed by atoms with Crippen molar-refractivity contribution in [3.05, 3.63) is 30.3 Å². The van der Waals surface area contributed by atoms with Crippen molar-refractivity contribution in [3.63, 3.8) is 0 Å². The lowest BCUT2D eigenvalue weighted by atomic mass is 10.2. The number of hydrogen-bond donors (Lipinski definition) is 0. The zero-order chi connectivity index (χ0) is 11.5. The summed E-state index contributed by atoms with van der Waals surface area (Å²) in [5.41, 5.74) is 0.968. The Balaban J connectivity index is 1.83. The highest BCUT2D eigenvalue weighted by atomic mass is 16.5. The minimum Gasteiger partial charge on any atom is -0.378 e. The van der Waals surface area contributed by atoms with Crippen LogP contribution in [-0.4, -0.2) is 36.4 Å². The van der Waals surface area contributed by atoms with Crippen LogP contribution in [0.5, 0.6) is 0 Å². The van der Waals surface area contributed by atoms with E-state index in [-0.39, 0.29) is 0 Å². The van der Waals surface area contributed by atoms with Gasteiger partial charge in [-0.2, -0.15) is 4.98 Å². The standard InChI is InChI=1S/C12H13N3O2/c1-2-4-10(5-3-1)11-13-12(17-14-11)15-6-8-16-9-7-15/h1-5H,6-9H2. The summed E-state index contributed by atoms with van der Waals surface area (Å²) in [5, 5.41) is 3.99. The molecule has 5 nitrogen and oxygen atoms in total. The molecule has 1 saturated heterocycles. The fourth-order valence-electron chi connectivity index (χ4n) is 1.80. The number of rotatable bonds is 2. The lowest BCUT2D eigenvalue weighted by molar-refractivity contribution is 0.119. The Kier molecular flexibility index (Phi) is 2.75. The normalized spacial score (nSPS) is 16.1. The second-order valence-electron chi connectivity index (χ2n) is 3.87. The maximum absolute atomic E-state index is 5.28. The van der Waals surface area contributed by atoms with Gasteiger partial charge < -0.3 is 14.2 Å². The Morgan fingerprint density at radius 3 is 2.59 bits per heavy atom.